The second-order valence-corrected chi connectivity index (χ2v) is 4.64. The number of hydrogen-bond donors (Lipinski definition) is 2. The summed E-state index contributed by atoms with van der Waals surface area (Å²) >= 11 is 0. The van der Waals surface area contributed by atoms with E-state index in [4.69, 9.17) is 10.2 Å². The molecule has 0 heterocycles. The minimum Gasteiger partial charge on any atom is -0.515 e. The third kappa shape index (κ3) is 3.12. The van der Waals surface area contributed by atoms with Crippen molar-refractivity contribution in [2.75, 3.05) is 6.54 Å². The number of benzene rings is 1. The Morgan fingerprint density at radius 3 is 2.60 bits per heavy atom. The van der Waals surface area contributed by atoms with Gasteiger partial charge >= 0.3 is 5.97 Å². The van der Waals surface area contributed by atoms with Gasteiger partial charge in [0.2, 0.25) is 0 Å². The Labute approximate surface area is 116 Å². The van der Waals surface area contributed by atoms with Gasteiger partial charge in [0.25, 0.3) is 0 Å². The Morgan fingerprint density at radius 2 is 2.00 bits per heavy atom. The molecule has 1 unspecified atom stereocenters. The maximum Gasteiger partial charge on any atom is 0.325 e. The van der Waals surface area contributed by atoms with Gasteiger partial charge in [0, 0.05) is 6.42 Å². The number of nitrogens with zero attached hydrogens (tertiary/aromatic N) is 1. The van der Waals surface area contributed by atoms with Crippen LogP contribution in [0.25, 0.3) is 0 Å². The number of hydrogen-bond acceptors (Lipinski definition) is 4. The fraction of sp³-hybridized carbons (Fsp3) is 0.267. The Morgan fingerprint density at radius 1 is 1.30 bits per heavy atom. The topological polar surface area (TPSA) is 87.0 Å². The van der Waals surface area contributed by atoms with Gasteiger partial charge in [-0.05, 0) is 17.9 Å². The number of ketones is 1. The highest BCUT2D eigenvalue weighted by atomic mass is 16.4. The average molecular weight is 273 g/mol. The SMILES string of the molecule is O=C(O)CN=C1CC(c2ccccc2)CC(=O)/C1=C\O. The lowest BCUT2D eigenvalue weighted by Crippen LogP contribution is -2.26. The predicted octanol–water partition coefficient (Wildman–Crippen LogP) is 2.10. The number of carboxylic acids is 1. The van der Waals surface area contributed by atoms with E-state index in [0.717, 1.165) is 11.8 Å². The van der Waals surface area contributed by atoms with Crippen molar-refractivity contribution < 1.29 is 19.8 Å². The van der Waals surface area contributed by atoms with Crippen LogP contribution in [0, 0.1) is 0 Å². The number of aliphatic hydroxyl groups excluding tert-OH is 1. The summed E-state index contributed by atoms with van der Waals surface area (Å²) in [6.45, 7) is -0.401. The highest BCUT2D eigenvalue weighted by Gasteiger charge is 2.30. The van der Waals surface area contributed by atoms with E-state index < -0.39 is 12.5 Å². The van der Waals surface area contributed by atoms with Gasteiger partial charge in [-0.15, -0.1) is 0 Å². The van der Waals surface area contributed by atoms with Crippen molar-refractivity contribution in [1.29, 1.82) is 0 Å². The maximum atomic E-state index is 12.0. The number of carbonyl (C=O) groups excluding carboxylic acids is 1. The van der Waals surface area contributed by atoms with Crippen molar-refractivity contribution >= 4 is 17.5 Å². The van der Waals surface area contributed by atoms with Crippen molar-refractivity contribution in [3.05, 3.63) is 47.7 Å². The fourth-order valence-electron chi connectivity index (χ4n) is 2.33. The van der Waals surface area contributed by atoms with Gasteiger partial charge in [-0.2, -0.15) is 0 Å². The van der Waals surface area contributed by atoms with Gasteiger partial charge in [-0.1, -0.05) is 30.3 Å². The van der Waals surface area contributed by atoms with E-state index in [2.05, 4.69) is 4.99 Å². The molecule has 104 valence electrons. The van der Waals surface area contributed by atoms with Crippen molar-refractivity contribution in [3.8, 4) is 0 Å². The van der Waals surface area contributed by atoms with Gasteiger partial charge in [-0.3, -0.25) is 14.6 Å². The third-order valence-electron chi connectivity index (χ3n) is 3.29. The van der Waals surface area contributed by atoms with Crippen molar-refractivity contribution in [2.45, 2.75) is 18.8 Å². The summed E-state index contributed by atoms with van der Waals surface area (Å²) in [6, 6.07) is 9.55. The monoisotopic (exact) mass is 273 g/mol. The molecule has 0 aromatic heterocycles. The zero-order chi connectivity index (χ0) is 14.5. The molecule has 2 rings (SSSR count). The second-order valence-electron chi connectivity index (χ2n) is 4.64. The van der Waals surface area contributed by atoms with Crippen LogP contribution in [-0.4, -0.2) is 34.2 Å². The van der Waals surface area contributed by atoms with Crippen LogP contribution in [0.3, 0.4) is 0 Å². The molecular weight excluding hydrogens is 258 g/mol. The molecule has 0 saturated heterocycles. The molecule has 1 aromatic carbocycles. The standard InChI is InChI=1S/C15H15NO4/c17-9-12-13(16-8-15(19)20)6-11(7-14(12)18)10-4-2-1-3-5-10/h1-5,9,11,17H,6-8H2,(H,19,20)/b12-9-,16-13?. The molecule has 1 aliphatic carbocycles. The zero-order valence-corrected chi connectivity index (χ0v) is 10.8. The van der Waals surface area contributed by atoms with Crippen LogP contribution >= 0.6 is 0 Å². The van der Waals surface area contributed by atoms with Gasteiger partial charge < -0.3 is 10.2 Å². The number of carbonyl (C=O) groups is 2. The van der Waals surface area contributed by atoms with E-state index in [0.29, 0.717) is 18.6 Å². The maximum absolute atomic E-state index is 12.0. The number of allylic oxidation sites excluding steroid dienone is 1. The molecule has 0 radical (unpaired) electrons. The summed E-state index contributed by atoms with van der Waals surface area (Å²) < 4.78 is 0. The molecule has 0 amide bonds. The minimum absolute atomic E-state index is 0.0278. The first kappa shape index (κ1) is 14.0. The molecule has 1 atom stereocenters. The molecule has 1 aromatic rings. The number of rotatable bonds is 3. The van der Waals surface area contributed by atoms with Gasteiger partial charge in [-0.25, -0.2) is 0 Å². The Hall–Kier alpha value is -2.43. The van der Waals surface area contributed by atoms with Gasteiger partial charge in [0.05, 0.1) is 17.5 Å². The first-order valence-corrected chi connectivity index (χ1v) is 6.30. The van der Waals surface area contributed by atoms with Crippen LogP contribution in [0.4, 0.5) is 0 Å². The quantitative estimate of drug-likeness (QED) is 0.652. The Bertz CT molecular complexity index is 575. The molecule has 0 aliphatic heterocycles. The van der Waals surface area contributed by atoms with Crippen LogP contribution in [0.1, 0.15) is 24.3 Å². The lowest BCUT2D eigenvalue weighted by atomic mass is 9.80. The molecule has 0 spiro atoms. The molecule has 5 heteroatoms. The van der Waals surface area contributed by atoms with E-state index in [1.807, 2.05) is 30.3 Å². The fourth-order valence-corrected chi connectivity index (χ4v) is 2.33. The Balaban J connectivity index is 2.27. The summed E-state index contributed by atoms with van der Waals surface area (Å²) in [6.07, 6.45) is 1.47. The van der Waals surface area contributed by atoms with E-state index in [1.165, 1.54) is 0 Å². The lowest BCUT2D eigenvalue weighted by molar-refractivity contribution is -0.135. The average Bonchev–Trinajstić information content (AvgIpc) is 2.45. The molecule has 1 fully saturated rings. The highest BCUT2D eigenvalue weighted by Crippen LogP contribution is 2.31. The van der Waals surface area contributed by atoms with E-state index in [9.17, 15) is 9.59 Å². The second kappa shape index (κ2) is 6.14. The minimum atomic E-state index is -1.07. The molecule has 5 nitrogen and oxygen atoms in total. The summed E-state index contributed by atoms with van der Waals surface area (Å²) in [5, 5.41) is 17.8. The zero-order valence-electron chi connectivity index (χ0n) is 10.8. The summed E-state index contributed by atoms with van der Waals surface area (Å²) in [5.41, 5.74) is 1.50. The number of carboxylic acid groups (broad SMARTS) is 1. The van der Waals surface area contributed by atoms with Crippen LogP contribution < -0.4 is 0 Å². The van der Waals surface area contributed by atoms with Crippen LogP contribution in [-0.2, 0) is 9.59 Å². The first-order chi connectivity index (χ1) is 9.61. The number of Topliss-reactive ketones (excluding diaryl/α,β-unsaturated/α-hetero) is 1. The Kier molecular flexibility index (Phi) is 4.30. The number of aliphatic imine (C=N–C) groups is 1. The normalized spacial score (nSPS) is 23.2. The largest absolute Gasteiger partial charge is 0.515 e. The first-order valence-electron chi connectivity index (χ1n) is 6.30. The molecular formula is C15H15NO4. The number of aliphatic hydroxyl groups is 1. The molecule has 2 N–H and O–H groups in total. The smallest absolute Gasteiger partial charge is 0.325 e. The molecule has 0 bridgehead atoms. The van der Waals surface area contributed by atoms with Gasteiger partial charge in [0.1, 0.15) is 6.54 Å². The summed E-state index contributed by atoms with van der Waals surface area (Å²) in [7, 11) is 0. The van der Waals surface area contributed by atoms with Crippen molar-refractivity contribution in [3.63, 3.8) is 0 Å². The predicted molar refractivity (Wildman–Crippen MR) is 74.1 cm³/mol. The van der Waals surface area contributed by atoms with Crippen LogP contribution in [0.15, 0.2) is 47.2 Å². The van der Waals surface area contributed by atoms with Crippen molar-refractivity contribution in [2.24, 2.45) is 4.99 Å². The lowest BCUT2D eigenvalue weighted by Gasteiger charge is -2.24. The summed E-state index contributed by atoms with van der Waals surface area (Å²) in [4.78, 5) is 26.5. The van der Waals surface area contributed by atoms with Crippen LogP contribution in [0.5, 0.6) is 0 Å². The van der Waals surface area contributed by atoms with E-state index >= 15 is 0 Å². The van der Waals surface area contributed by atoms with Crippen LogP contribution in [0.2, 0.25) is 0 Å². The van der Waals surface area contributed by atoms with E-state index in [-0.39, 0.29) is 17.3 Å². The van der Waals surface area contributed by atoms with Crippen molar-refractivity contribution in [1.82, 2.24) is 0 Å². The molecule has 20 heavy (non-hydrogen) atoms. The third-order valence-corrected chi connectivity index (χ3v) is 3.29. The number of aliphatic carboxylic acids is 1. The molecule has 1 saturated carbocycles. The van der Waals surface area contributed by atoms with Gasteiger partial charge in [0.15, 0.2) is 5.78 Å². The molecule has 1 aliphatic rings. The highest BCUT2D eigenvalue weighted by molar-refractivity contribution is 6.24. The van der Waals surface area contributed by atoms with E-state index in [1.54, 1.807) is 0 Å². The summed E-state index contributed by atoms with van der Waals surface area (Å²) in [5.74, 6) is -1.30.